The monoisotopic (exact) mass is 376 g/mol. The molecule has 1 rings (SSSR count). The molecule has 24 heavy (non-hydrogen) atoms. The lowest BCUT2D eigenvalue weighted by Gasteiger charge is -2.22. The molecule has 1 aliphatic heterocycles. The Labute approximate surface area is 147 Å². The number of carbonyl (C=O) groups is 2. The molecule has 0 aromatic carbocycles. The number of rotatable bonds is 6. The van der Waals surface area contributed by atoms with Gasteiger partial charge in [0, 0.05) is 25.0 Å². The maximum atomic E-state index is 12.2. The predicted molar refractivity (Wildman–Crippen MR) is 95.3 cm³/mol. The van der Waals surface area contributed by atoms with Gasteiger partial charge in [0.25, 0.3) is 0 Å². The number of sulfone groups is 1. The van der Waals surface area contributed by atoms with Crippen molar-refractivity contribution in [2.45, 2.75) is 36.9 Å². The molecule has 136 valence electrons. The second kappa shape index (κ2) is 8.68. The van der Waals surface area contributed by atoms with Gasteiger partial charge in [-0.3, -0.25) is 4.79 Å². The van der Waals surface area contributed by atoms with Crippen molar-refractivity contribution < 1.29 is 22.7 Å². The summed E-state index contributed by atoms with van der Waals surface area (Å²) in [6.45, 7) is 7.01. The fourth-order valence-electron chi connectivity index (χ4n) is 2.46. The van der Waals surface area contributed by atoms with Crippen molar-refractivity contribution in [1.82, 2.24) is 4.90 Å². The molecule has 1 saturated heterocycles. The summed E-state index contributed by atoms with van der Waals surface area (Å²) >= 11 is 1.16. The van der Waals surface area contributed by atoms with E-state index in [2.05, 4.69) is 6.58 Å². The molecule has 7 nitrogen and oxygen atoms in total. The number of hydrogen-bond donors (Lipinski definition) is 1. The summed E-state index contributed by atoms with van der Waals surface area (Å²) in [6.07, 6.45) is 4.20. The third-order valence-corrected chi connectivity index (χ3v) is 5.86. The van der Waals surface area contributed by atoms with Crippen molar-refractivity contribution in [2.75, 3.05) is 19.4 Å². The number of amides is 1. The number of likely N-dealkylation sites (tertiary alicyclic amines) is 1. The molecule has 1 unspecified atom stereocenters. The SMILES string of the molecule is C=CCOC(=O)N1C[C@@H](SC(C)=O)C[C@H]1C=C(C)C(N)S(C)(=O)=O. The minimum Gasteiger partial charge on any atom is -0.445 e. The van der Waals surface area contributed by atoms with Crippen LogP contribution in [0.2, 0.25) is 0 Å². The second-order valence-corrected chi connectivity index (χ2v) is 9.36. The molecule has 0 radical (unpaired) electrons. The molecule has 1 fully saturated rings. The quantitative estimate of drug-likeness (QED) is 0.696. The highest BCUT2D eigenvalue weighted by atomic mass is 32.2. The average Bonchev–Trinajstić information content (AvgIpc) is 2.84. The average molecular weight is 377 g/mol. The summed E-state index contributed by atoms with van der Waals surface area (Å²) < 4.78 is 28.2. The normalized spacial score (nSPS) is 23.0. The molecule has 0 spiro atoms. The van der Waals surface area contributed by atoms with Gasteiger partial charge in [-0.2, -0.15) is 0 Å². The Morgan fingerprint density at radius 1 is 1.46 bits per heavy atom. The highest BCUT2D eigenvalue weighted by Crippen LogP contribution is 2.30. The highest BCUT2D eigenvalue weighted by Gasteiger charge is 2.36. The van der Waals surface area contributed by atoms with Crippen molar-refractivity contribution in [1.29, 1.82) is 0 Å². The van der Waals surface area contributed by atoms with Crippen LogP contribution in [-0.2, 0) is 19.4 Å². The molecule has 2 N–H and O–H groups in total. The third kappa shape index (κ3) is 5.95. The van der Waals surface area contributed by atoms with Crippen LogP contribution in [0.1, 0.15) is 20.3 Å². The Kier molecular flexibility index (Phi) is 7.50. The summed E-state index contributed by atoms with van der Waals surface area (Å²) in [5, 5.41) is -1.22. The molecule has 9 heteroatoms. The molecule has 0 aromatic rings. The van der Waals surface area contributed by atoms with E-state index >= 15 is 0 Å². The minimum atomic E-state index is -3.43. The zero-order valence-electron chi connectivity index (χ0n) is 14.1. The lowest BCUT2D eigenvalue weighted by Crippen LogP contribution is -2.37. The van der Waals surface area contributed by atoms with Gasteiger partial charge in [-0.05, 0) is 18.9 Å². The number of hydrogen-bond acceptors (Lipinski definition) is 7. The first-order chi connectivity index (χ1) is 11.1. The highest BCUT2D eigenvalue weighted by molar-refractivity contribution is 8.14. The van der Waals surface area contributed by atoms with Crippen LogP contribution in [0.25, 0.3) is 0 Å². The predicted octanol–water partition coefficient (Wildman–Crippen LogP) is 1.31. The van der Waals surface area contributed by atoms with Crippen LogP contribution in [0, 0.1) is 0 Å². The Bertz CT molecular complexity index is 630. The minimum absolute atomic E-state index is 0.0337. The van der Waals surface area contributed by atoms with Crippen molar-refractivity contribution in [3.63, 3.8) is 0 Å². The van der Waals surface area contributed by atoms with Gasteiger partial charge in [0.2, 0.25) is 0 Å². The van der Waals surface area contributed by atoms with Gasteiger partial charge in [0.1, 0.15) is 12.0 Å². The lowest BCUT2D eigenvalue weighted by molar-refractivity contribution is -0.109. The molecule has 1 heterocycles. The summed E-state index contributed by atoms with van der Waals surface area (Å²) in [4.78, 5) is 25.0. The van der Waals surface area contributed by atoms with Crippen molar-refractivity contribution in [3.8, 4) is 0 Å². The topological polar surface area (TPSA) is 107 Å². The van der Waals surface area contributed by atoms with E-state index in [0.717, 1.165) is 18.0 Å². The molecule has 1 amide bonds. The smallest absolute Gasteiger partial charge is 0.410 e. The van der Waals surface area contributed by atoms with Gasteiger partial charge in [-0.15, -0.1) is 0 Å². The van der Waals surface area contributed by atoms with Crippen molar-refractivity contribution in [3.05, 3.63) is 24.3 Å². The lowest BCUT2D eigenvalue weighted by atomic mass is 10.1. The molecule has 0 saturated carbocycles. The van der Waals surface area contributed by atoms with Gasteiger partial charge in [0.05, 0.1) is 6.04 Å². The van der Waals surface area contributed by atoms with Gasteiger partial charge in [0.15, 0.2) is 15.0 Å². The Morgan fingerprint density at radius 3 is 2.58 bits per heavy atom. The summed E-state index contributed by atoms with van der Waals surface area (Å²) in [5.41, 5.74) is 6.18. The summed E-state index contributed by atoms with van der Waals surface area (Å²) in [5.74, 6) is 0. The Balaban J connectivity index is 2.98. The first-order valence-electron chi connectivity index (χ1n) is 7.40. The zero-order chi connectivity index (χ0) is 18.5. The number of nitrogens with zero attached hydrogens (tertiary/aromatic N) is 1. The van der Waals surface area contributed by atoms with Gasteiger partial charge >= 0.3 is 6.09 Å². The zero-order valence-corrected chi connectivity index (χ0v) is 15.7. The number of ether oxygens (including phenoxy) is 1. The summed E-state index contributed by atoms with van der Waals surface area (Å²) in [6, 6.07) is -0.369. The van der Waals surface area contributed by atoms with E-state index in [1.165, 1.54) is 17.9 Å². The number of nitrogens with two attached hydrogens (primary N) is 1. The van der Waals surface area contributed by atoms with Gasteiger partial charge in [-0.1, -0.05) is 30.5 Å². The Morgan fingerprint density at radius 2 is 2.08 bits per heavy atom. The van der Waals surface area contributed by atoms with Crippen molar-refractivity contribution in [2.24, 2.45) is 5.73 Å². The van der Waals surface area contributed by atoms with Crippen LogP contribution in [0.4, 0.5) is 4.79 Å². The fourth-order valence-corrected chi connectivity index (χ4v) is 4.21. The van der Waals surface area contributed by atoms with E-state index in [1.807, 2.05) is 0 Å². The Hall–Kier alpha value is -1.32. The summed E-state index contributed by atoms with van der Waals surface area (Å²) in [7, 11) is -3.43. The van der Waals surface area contributed by atoms with E-state index in [1.54, 1.807) is 13.0 Å². The molecular weight excluding hydrogens is 352 g/mol. The van der Waals surface area contributed by atoms with Crippen LogP contribution >= 0.6 is 11.8 Å². The fraction of sp³-hybridized carbons (Fsp3) is 0.600. The van der Waals surface area contributed by atoms with Crippen molar-refractivity contribution >= 4 is 32.8 Å². The molecular formula is C15H24N2O5S2. The second-order valence-electron chi connectivity index (χ2n) is 5.71. The van der Waals surface area contributed by atoms with E-state index in [9.17, 15) is 18.0 Å². The maximum absolute atomic E-state index is 12.2. The van der Waals surface area contributed by atoms with E-state index in [0.29, 0.717) is 18.5 Å². The first-order valence-corrected chi connectivity index (χ1v) is 10.2. The van der Waals surface area contributed by atoms with Crippen LogP contribution in [0.5, 0.6) is 0 Å². The van der Waals surface area contributed by atoms with Crippen LogP contribution in [0.3, 0.4) is 0 Å². The number of thioether (sulfide) groups is 1. The molecule has 1 aliphatic rings. The third-order valence-electron chi connectivity index (χ3n) is 3.56. The van der Waals surface area contributed by atoms with Gasteiger partial charge < -0.3 is 15.4 Å². The standard InChI is InChI=1S/C15H24N2O5S2/c1-5-6-22-15(19)17-9-13(23-11(3)18)8-12(17)7-10(2)14(16)24(4,20)21/h5,7,12-14H,1,6,8-9,16H2,2-4H3/t12-,13+,14?/m1/s1. The maximum Gasteiger partial charge on any atom is 0.410 e. The molecule has 0 bridgehead atoms. The van der Waals surface area contributed by atoms with E-state index in [4.69, 9.17) is 10.5 Å². The van der Waals surface area contributed by atoms with Gasteiger partial charge in [-0.25, -0.2) is 13.2 Å². The molecule has 0 aliphatic carbocycles. The number of carbonyl (C=O) groups excluding carboxylic acids is 2. The molecule has 0 aromatic heterocycles. The van der Waals surface area contributed by atoms with E-state index in [-0.39, 0.29) is 23.0 Å². The molecule has 3 atom stereocenters. The van der Waals surface area contributed by atoms with E-state index < -0.39 is 21.3 Å². The van der Waals surface area contributed by atoms with Crippen LogP contribution in [0.15, 0.2) is 24.3 Å². The first kappa shape index (κ1) is 20.7. The van der Waals surface area contributed by atoms with Crippen LogP contribution < -0.4 is 5.73 Å². The van der Waals surface area contributed by atoms with Crippen LogP contribution in [-0.4, -0.2) is 60.6 Å². The largest absolute Gasteiger partial charge is 0.445 e.